The van der Waals surface area contributed by atoms with Gasteiger partial charge >= 0.3 is 0 Å². The molecule has 0 bridgehead atoms. The number of benzene rings is 1. The van der Waals surface area contributed by atoms with Crippen molar-refractivity contribution in [3.63, 3.8) is 0 Å². The second-order valence-electron chi connectivity index (χ2n) is 9.73. The van der Waals surface area contributed by atoms with E-state index < -0.39 is 15.9 Å². The Morgan fingerprint density at radius 2 is 1.89 bits per heavy atom. The fraction of sp³-hybridized carbons (Fsp3) is 0.259. The number of nitrogens with one attached hydrogen (secondary N) is 2. The van der Waals surface area contributed by atoms with Crippen LogP contribution in [0.3, 0.4) is 0 Å². The van der Waals surface area contributed by atoms with E-state index in [0.717, 1.165) is 18.5 Å². The number of anilines is 3. The smallest absolute Gasteiger partial charge is 0.281 e. The molecular formula is C27H28N6O4S. The van der Waals surface area contributed by atoms with Crippen LogP contribution in [0.25, 0.3) is 11.3 Å². The first-order chi connectivity index (χ1) is 18.1. The van der Waals surface area contributed by atoms with Gasteiger partial charge in [-0.2, -0.15) is 8.42 Å². The van der Waals surface area contributed by atoms with E-state index in [1.54, 1.807) is 36.7 Å². The van der Waals surface area contributed by atoms with Crippen LogP contribution in [0.1, 0.15) is 37.6 Å². The van der Waals surface area contributed by atoms with Gasteiger partial charge in [0.25, 0.3) is 15.9 Å². The molecule has 4 aromatic rings. The number of rotatable bonds is 7. The highest BCUT2D eigenvalue weighted by atomic mass is 32.2. The molecule has 1 fully saturated rings. The molecule has 196 valence electrons. The lowest BCUT2D eigenvalue weighted by atomic mass is 9.90. The maximum absolute atomic E-state index is 13.2. The zero-order valence-corrected chi connectivity index (χ0v) is 22.1. The van der Waals surface area contributed by atoms with E-state index >= 15 is 0 Å². The highest BCUT2D eigenvalue weighted by Crippen LogP contribution is 2.38. The lowest BCUT2D eigenvalue weighted by molar-refractivity contribution is 0.0981. The fourth-order valence-corrected chi connectivity index (χ4v) is 5.42. The summed E-state index contributed by atoms with van der Waals surface area (Å²) in [5, 5.41) is 2.80. The van der Waals surface area contributed by atoms with Gasteiger partial charge in [-0.3, -0.25) is 4.79 Å². The standard InChI is InChI=1S/C27H28N6O4S/c1-18-13-15-33(27(18,2)3)25-21(6-5-14-29-25)26(34)32-38(35,36)24-8-4-7-23(31-24)30-20-11-9-19(10-12-20)22-16-28-17-37-22/h4-12,14,16-18H,13,15H2,1-3H3,(H,30,31)(H,32,34). The van der Waals surface area contributed by atoms with Crippen molar-refractivity contribution >= 4 is 33.3 Å². The molecule has 1 atom stereocenters. The minimum Gasteiger partial charge on any atom is -0.444 e. The number of hydrogen-bond acceptors (Lipinski definition) is 9. The van der Waals surface area contributed by atoms with Crippen LogP contribution in [0.5, 0.6) is 0 Å². The monoisotopic (exact) mass is 532 g/mol. The molecule has 3 aromatic heterocycles. The molecule has 0 radical (unpaired) electrons. The summed E-state index contributed by atoms with van der Waals surface area (Å²) in [5.74, 6) is 1.04. The summed E-state index contributed by atoms with van der Waals surface area (Å²) in [4.78, 5) is 27.8. The molecule has 0 aliphatic carbocycles. The summed E-state index contributed by atoms with van der Waals surface area (Å²) in [6.45, 7) is 7.08. The molecule has 2 N–H and O–H groups in total. The molecule has 11 heteroatoms. The molecule has 1 aliphatic rings. The number of oxazole rings is 1. The van der Waals surface area contributed by atoms with Crippen molar-refractivity contribution in [2.45, 2.75) is 37.8 Å². The molecule has 1 saturated heterocycles. The number of amides is 1. The van der Waals surface area contributed by atoms with Gasteiger partial charge in [0.05, 0.1) is 11.8 Å². The van der Waals surface area contributed by atoms with Crippen LogP contribution in [0.2, 0.25) is 0 Å². The maximum Gasteiger partial charge on any atom is 0.281 e. The van der Waals surface area contributed by atoms with E-state index in [-0.39, 0.29) is 16.1 Å². The Labute approximate surface area is 221 Å². The van der Waals surface area contributed by atoms with Crippen LogP contribution in [0.15, 0.2) is 82.8 Å². The van der Waals surface area contributed by atoms with Gasteiger partial charge in [-0.1, -0.05) is 13.0 Å². The number of nitrogens with zero attached hydrogens (tertiary/aromatic N) is 4. The van der Waals surface area contributed by atoms with Gasteiger partial charge < -0.3 is 14.6 Å². The average molecular weight is 533 g/mol. The lowest BCUT2D eigenvalue weighted by Gasteiger charge is -2.36. The van der Waals surface area contributed by atoms with Crippen molar-refractivity contribution in [1.29, 1.82) is 0 Å². The molecule has 38 heavy (non-hydrogen) atoms. The molecule has 0 saturated carbocycles. The fourth-order valence-electron chi connectivity index (χ4n) is 4.49. The number of carbonyl (C=O) groups is 1. The number of hydrogen-bond donors (Lipinski definition) is 2. The summed E-state index contributed by atoms with van der Waals surface area (Å²) in [7, 11) is -4.25. The predicted molar refractivity (Wildman–Crippen MR) is 144 cm³/mol. The van der Waals surface area contributed by atoms with Crippen molar-refractivity contribution in [3.8, 4) is 11.3 Å². The molecule has 1 aliphatic heterocycles. The van der Waals surface area contributed by atoms with E-state index in [2.05, 4.69) is 50.7 Å². The third kappa shape index (κ3) is 4.97. The van der Waals surface area contributed by atoms with Crippen LogP contribution in [0.4, 0.5) is 17.3 Å². The number of carbonyl (C=O) groups excluding carboxylic acids is 1. The van der Waals surface area contributed by atoms with Gasteiger partial charge in [0.1, 0.15) is 11.6 Å². The third-order valence-corrected chi connectivity index (χ3v) is 8.31. The third-order valence-electron chi connectivity index (χ3n) is 7.07. The minimum atomic E-state index is -4.25. The van der Waals surface area contributed by atoms with Crippen molar-refractivity contribution in [1.82, 2.24) is 19.7 Å². The van der Waals surface area contributed by atoms with Crippen molar-refractivity contribution in [2.24, 2.45) is 5.92 Å². The van der Waals surface area contributed by atoms with Crippen LogP contribution < -0.4 is 14.9 Å². The van der Waals surface area contributed by atoms with Crippen molar-refractivity contribution in [3.05, 3.63) is 78.9 Å². The predicted octanol–water partition coefficient (Wildman–Crippen LogP) is 4.62. The van der Waals surface area contributed by atoms with Crippen molar-refractivity contribution in [2.75, 3.05) is 16.8 Å². The topological polar surface area (TPSA) is 130 Å². The summed E-state index contributed by atoms with van der Waals surface area (Å²) < 4.78 is 33.7. The zero-order valence-electron chi connectivity index (χ0n) is 21.2. The van der Waals surface area contributed by atoms with Crippen molar-refractivity contribution < 1.29 is 17.6 Å². The molecule has 10 nitrogen and oxygen atoms in total. The second-order valence-corrected chi connectivity index (χ2v) is 11.4. The van der Waals surface area contributed by atoms with Crippen LogP contribution >= 0.6 is 0 Å². The van der Waals surface area contributed by atoms with E-state index in [0.29, 0.717) is 29.0 Å². The van der Waals surface area contributed by atoms with E-state index in [9.17, 15) is 13.2 Å². The molecule has 1 unspecified atom stereocenters. The van der Waals surface area contributed by atoms with Crippen LogP contribution in [0, 0.1) is 5.92 Å². The molecule has 1 amide bonds. The summed E-state index contributed by atoms with van der Waals surface area (Å²) in [5.41, 5.74) is 1.51. The Balaban J connectivity index is 1.34. The van der Waals surface area contributed by atoms with E-state index in [1.807, 2.05) is 24.3 Å². The normalized spacial score (nSPS) is 16.8. The Bertz CT molecular complexity index is 1550. The first kappa shape index (κ1) is 25.4. The molecule has 1 aromatic carbocycles. The average Bonchev–Trinajstić information content (AvgIpc) is 3.53. The summed E-state index contributed by atoms with van der Waals surface area (Å²) in [6.07, 6.45) is 5.54. The van der Waals surface area contributed by atoms with Gasteiger partial charge in [0.15, 0.2) is 17.2 Å². The van der Waals surface area contributed by atoms with Gasteiger partial charge in [-0.15, -0.1) is 0 Å². The highest BCUT2D eigenvalue weighted by Gasteiger charge is 2.40. The quantitative estimate of drug-likeness (QED) is 0.350. The number of pyridine rings is 2. The lowest BCUT2D eigenvalue weighted by Crippen LogP contribution is -2.43. The van der Waals surface area contributed by atoms with Gasteiger partial charge in [-0.05, 0) is 74.7 Å². The summed E-state index contributed by atoms with van der Waals surface area (Å²) >= 11 is 0. The highest BCUT2D eigenvalue weighted by molar-refractivity contribution is 7.90. The van der Waals surface area contributed by atoms with Crippen LogP contribution in [-0.2, 0) is 10.0 Å². The molecule has 4 heterocycles. The minimum absolute atomic E-state index is 0.194. The first-order valence-electron chi connectivity index (χ1n) is 12.2. The Morgan fingerprint density at radius 3 is 2.58 bits per heavy atom. The molecule has 0 spiro atoms. The van der Waals surface area contributed by atoms with Gasteiger partial charge in [-0.25, -0.2) is 19.7 Å². The van der Waals surface area contributed by atoms with Gasteiger partial charge in [0.2, 0.25) is 0 Å². The SMILES string of the molecule is CC1CCN(c2ncccc2C(=O)NS(=O)(=O)c2cccc(Nc3ccc(-c4cnco4)cc3)n2)C1(C)C. The number of aromatic nitrogens is 3. The van der Waals surface area contributed by atoms with Gasteiger partial charge in [0, 0.05) is 29.5 Å². The Kier molecular flexibility index (Phi) is 6.62. The van der Waals surface area contributed by atoms with E-state index in [4.69, 9.17) is 4.42 Å². The number of sulfonamides is 1. The molecule has 5 rings (SSSR count). The van der Waals surface area contributed by atoms with Crippen LogP contribution in [-0.4, -0.2) is 41.4 Å². The molecular weight excluding hydrogens is 504 g/mol. The van der Waals surface area contributed by atoms with E-state index in [1.165, 1.54) is 12.5 Å². The summed E-state index contributed by atoms with van der Waals surface area (Å²) in [6, 6.07) is 15.1. The first-order valence-corrected chi connectivity index (χ1v) is 13.7. The largest absolute Gasteiger partial charge is 0.444 e. The second kappa shape index (κ2) is 9.90. The Morgan fingerprint density at radius 1 is 1.11 bits per heavy atom. The Hall–Kier alpha value is -4.25. The maximum atomic E-state index is 13.2. The zero-order chi connectivity index (χ0) is 26.9.